The van der Waals surface area contributed by atoms with Gasteiger partial charge in [-0.3, -0.25) is 23.3 Å². The first-order valence-corrected chi connectivity index (χ1v) is 9.23. The number of aromatic nitrogens is 4. The smallest absolute Gasteiger partial charge is 0.332 e. The second kappa shape index (κ2) is 7.10. The van der Waals surface area contributed by atoms with E-state index in [1.165, 1.54) is 29.8 Å². The average Bonchev–Trinajstić information content (AvgIpc) is 3.05. The van der Waals surface area contributed by atoms with Gasteiger partial charge in [-0.05, 0) is 19.1 Å². The van der Waals surface area contributed by atoms with Crippen molar-refractivity contribution in [3.8, 4) is 0 Å². The van der Waals surface area contributed by atoms with Gasteiger partial charge < -0.3 is 5.11 Å². The molecule has 156 valence electrons. The van der Waals surface area contributed by atoms with E-state index < -0.39 is 29.6 Å². The predicted molar refractivity (Wildman–Crippen MR) is 108 cm³/mol. The van der Waals surface area contributed by atoms with Gasteiger partial charge in [0.1, 0.15) is 12.4 Å². The fourth-order valence-electron chi connectivity index (χ4n) is 3.43. The summed E-state index contributed by atoms with van der Waals surface area (Å²) in [7, 11) is 1.43. The van der Waals surface area contributed by atoms with Crippen LogP contribution in [-0.4, -0.2) is 42.0 Å². The van der Waals surface area contributed by atoms with Crippen molar-refractivity contribution in [2.75, 3.05) is 11.6 Å². The predicted octanol–water partition coefficient (Wildman–Crippen LogP) is 1.02. The first kappa shape index (κ1) is 19.8. The number of aryl methyl sites for hydroxylation is 1. The van der Waals surface area contributed by atoms with Gasteiger partial charge in [0.25, 0.3) is 5.56 Å². The van der Waals surface area contributed by atoms with Crippen LogP contribution in [0.25, 0.3) is 11.2 Å². The molecule has 10 nitrogen and oxygen atoms in total. The average molecular weight is 435 g/mol. The molecule has 0 saturated heterocycles. The van der Waals surface area contributed by atoms with Crippen LogP contribution in [0.2, 0.25) is 5.02 Å². The van der Waals surface area contributed by atoms with E-state index in [0.717, 1.165) is 14.1 Å². The third-order valence-electron chi connectivity index (χ3n) is 4.78. The number of hydrogen-bond donors (Lipinski definition) is 1. The maximum atomic E-state index is 14.2. The molecule has 0 radical (unpaired) electrons. The van der Waals surface area contributed by atoms with Crippen LogP contribution >= 0.6 is 11.6 Å². The fourth-order valence-corrected chi connectivity index (χ4v) is 3.66. The summed E-state index contributed by atoms with van der Waals surface area (Å²) in [6, 6.07) is 4.09. The minimum Gasteiger partial charge on any atom is -0.480 e. The first-order valence-electron chi connectivity index (χ1n) is 8.85. The van der Waals surface area contributed by atoms with Crippen LogP contribution < -0.4 is 16.3 Å². The normalized spacial score (nSPS) is 13.5. The zero-order valence-corrected chi connectivity index (χ0v) is 16.7. The van der Waals surface area contributed by atoms with Crippen LogP contribution in [0.4, 0.5) is 10.3 Å². The monoisotopic (exact) mass is 434 g/mol. The summed E-state index contributed by atoms with van der Waals surface area (Å²) in [5.41, 5.74) is -0.650. The van der Waals surface area contributed by atoms with Crippen molar-refractivity contribution in [3.63, 3.8) is 0 Å². The summed E-state index contributed by atoms with van der Waals surface area (Å²) in [5.74, 6) is -1.64. The Hall–Kier alpha value is -3.47. The summed E-state index contributed by atoms with van der Waals surface area (Å²) in [6.07, 6.45) is 0. The lowest BCUT2D eigenvalue weighted by Gasteiger charge is -2.23. The van der Waals surface area contributed by atoms with Crippen molar-refractivity contribution in [2.24, 2.45) is 12.1 Å². The van der Waals surface area contributed by atoms with Crippen molar-refractivity contribution >= 4 is 40.4 Å². The highest BCUT2D eigenvalue weighted by Crippen LogP contribution is 2.24. The van der Waals surface area contributed by atoms with Crippen molar-refractivity contribution in [1.82, 2.24) is 18.7 Å². The van der Waals surface area contributed by atoms with E-state index in [4.69, 9.17) is 16.7 Å². The van der Waals surface area contributed by atoms with Gasteiger partial charge in [-0.1, -0.05) is 17.7 Å². The number of fused-ring (bicyclic) bond motifs is 3. The van der Waals surface area contributed by atoms with Gasteiger partial charge in [0.15, 0.2) is 11.2 Å². The van der Waals surface area contributed by atoms with Gasteiger partial charge in [0.05, 0.1) is 18.8 Å². The quantitative estimate of drug-likeness (QED) is 0.655. The summed E-state index contributed by atoms with van der Waals surface area (Å²) in [6.45, 7) is 1.05. The number of nitrogens with zero attached hydrogens (tertiary/aromatic N) is 6. The van der Waals surface area contributed by atoms with Gasteiger partial charge in [0, 0.05) is 17.6 Å². The van der Waals surface area contributed by atoms with Gasteiger partial charge in [-0.25, -0.2) is 14.2 Å². The zero-order chi connectivity index (χ0) is 21.7. The summed E-state index contributed by atoms with van der Waals surface area (Å²) < 4.78 is 17.8. The first-order chi connectivity index (χ1) is 14.2. The molecule has 1 aliphatic rings. The second-order valence-corrected chi connectivity index (χ2v) is 7.30. The molecule has 1 aliphatic heterocycles. The zero-order valence-electron chi connectivity index (χ0n) is 16.0. The number of imidazole rings is 1. The largest absolute Gasteiger partial charge is 0.480 e. The Morgan fingerprint density at radius 1 is 1.33 bits per heavy atom. The maximum Gasteiger partial charge on any atom is 0.332 e. The van der Waals surface area contributed by atoms with E-state index in [1.807, 2.05) is 0 Å². The van der Waals surface area contributed by atoms with E-state index in [0.29, 0.717) is 5.71 Å². The van der Waals surface area contributed by atoms with Crippen LogP contribution in [0, 0.1) is 5.82 Å². The summed E-state index contributed by atoms with van der Waals surface area (Å²) in [5, 5.41) is 14.6. The Bertz CT molecular complexity index is 1340. The minimum atomic E-state index is -1.13. The maximum absolute atomic E-state index is 14.2. The van der Waals surface area contributed by atoms with E-state index in [2.05, 4.69) is 10.1 Å². The SMILES string of the molecule is CC1=NN(CC(=O)O)c2nc3c(c(=O)n(Cc4c(F)cccc4Cl)c(=O)n3C)n2C1. The number of carbonyl (C=O) groups is 1. The molecule has 0 fully saturated rings. The molecule has 0 unspecified atom stereocenters. The highest BCUT2D eigenvalue weighted by Gasteiger charge is 2.28. The Balaban J connectivity index is 1.96. The van der Waals surface area contributed by atoms with Crippen LogP contribution in [0.5, 0.6) is 0 Å². The number of carboxylic acid groups (broad SMARTS) is 1. The van der Waals surface area contributed by atoms with Crippen molar-refractivity contribution in [1.29, 1.82) is 0 Å². The third kappa shape index (κ3) is 3.07. The van der Waals surface area contributed by atoms with Crippen molar-refractivity contribution < 1.29 is 14.3 Å². The molecule has 2 aromatic heterocycles. The van der Waals surface area contributed by atoms with Crippen LogP contribution in [-0.2, 0) is 24.9 Å². The standard InChI is InChI=1S/C18H16ClFN6O4/c1-9-6-24-14-15(21-17(24)26(22-9)8-13(27)28)23(2)18(30)25(16(14)29)7-10-11(19)4-3-5-12(10)20/h3-5H,6-8H2,1-2H3,(H,27,28). The number of anilines is 1. The van der Waals surface area contributed by atoms with Crippen molar-refractivity contribution in [3.05, 3.63) is 55.4 Å². The molecule has 0 amide bonds. The molecule has 1 aromatic carbocycles. The van der Waals surface area contributed by atoms with Gasteiger partial charge in [0.2, 0.25) is 5.95 Å². The molecule has 0 bridgehead atoms. The molecular formula is C18H16ClFN6O4. The Labute approximate surface area is 173 Å². The van der Waals surface area contributed by atoms with E-state index in [9.17, 15) is 18.8 Å². The van der Waals surface area contributed by atoms with E-state index >= 15 is 0 Å². The molecule has 1 N–H and O–H groups in total. The number of benzene rings is 1. The molecule has 3 heterocycles. The number of hydrazone groups is 1. The molecule has 30 heavy (non-hydrogen) atoms. The topological polar surface area (TPSA) is 115 Å². The lowest BCUT2D eigenvalue weighted by atomic mass is 10.2. The molecular weight excluding hydrogens is 419 g/mol. The van der Waals surface area contributed by atoms with Crippen LogP contribution in [0.15, 0.2) is 32.9 Å². The number of halogens is 2. The Morgan fingerprint density at radius 3 is 2.73 bits per heavy atom. The molecule has 0 spiro atoms. The van der Waals surface area contributed by atoms with Crippen LogP contribution in [0.1, 0.15) is 12.5 Å². The summed E-state index contributed by atoms with van der Waals surface area (Å²) in [4.78, 5) is 41.6. The molecule has 0 aliphatic carbocycles. The molecule has 0 saturated carbocycles. The number of carboxylic acids is 1. The third-order valence-corrected chi connectivity index (χ3v) is 5.14. The number of hydrogen-bond acceptors (Lipinski definition) is 6. The molecule has 3 aromatic rings. The Kier molecular flexibility index (Phi) is 4.69. The van der Waals surface area contributed by atoms with E-state index in [-0.39, 0.29) is 40.8 Å². The number of aliphatic carboxylic acids is 1. The highest BCUT2D eigenvalue weighted by molar-refractivity contribution is 6.31. The lowest BCUT2D eigenvalue weighted by molar-refractivity contribution is -0.135. The highest BCUT2D eigenvalue weighted by atomic mass is 35.5. The van der Waals surface area contributed by atoms with E-state index in [1.54, 1.807) is 6.92 Å². The van der Waals surface area contributed by atoms with Crippen molar-refractivity contribution in [2.45, 2.75) is 20.0 Å². The molecule has 0 atom stereocenters. The van der Waals surface area contributed by atoms with Gasteiger partial charge in [-0.2, -0.15) is 10.1 Å². The minimum absolute atomic E-state index is 0.0151. The lowest BCUT2D eigenvalue weighted by Crippen LogP contribution is -2.40. The van der Waals surface area contributed by atoms with Gasteiger partial charge >= 0.3 is 11.7 Å². The molecule has 12 heteroatoms. The summed E-state index contributed by atoms with van der Waals surface area (Å²) >= 11 is 6.06. The van der Waals surface area contributed by atoms with Crippen LogP contribution in [0.3, 0.4) is 0 Å². The van der Waals surface area contributed by atoms with Gasteiger partial charge in [-0.15, -0.1) is 0 Å². The fraction of sp³-hybridized carbons (Fsp3) is 0.278. The second-order valence-electron chi connectivity index (χ2n) is 6.89. The Morgan fingerprint density at radius 2 is 2.07 bits per heavy atom. The number of rotatable bonds is 4. The molecule has 4 rings (SSSR count).